The second kappa shape index (κ2) is 13.4. The first kappa shape index (κ1) is 23.2. The molecule has 2 aromatic carbocycles. The smallest absolute Gasteiger partial charge is 0.335 e. The van der Waals surface area contributed by atoms with Crippen LogP contribution in [0.5, 0.6) is 5.75 Å². The fourth-order valence-corrected chi connectivity index (χ4v) is 2.05. The molecule has 3 N–H and O–H groups in total. The molecule has 0 amide bonds. The van der Waals surface area contributed by atoms with Crippen LogP contribution < -0.4 is 10.5 Å². The molecule has 2 aromatic rings. The van der Waals surface area contributed by atoms with Crippen LogP contribution in [-0.2, 0) is 9.53 Å². The van der Waals surface area contributed by atoms with Crippen LogP contribution in [0, 0.1) is 11.3 Å². The summed E-state index contributed by atoms with van der Waals surface area (Å²) in [5.41, 5.74) is 6.94. The zero-order valence-corrected chi connectivity index (χ0v) is 16.0. The molecule has 7 nitrogen and oxygen atoms in total. The fraction of sp³-hybridized carbons (Fsp3) is 0.227. The molecule has 0 unspecified atom stereocenters. The van der Waals surface area contributed by atoms with Crippen molar-refractivity contribution in [2.24, 2.45) is 0 Å². The van der Waals surface area contributed by atoms with E-state index in [0.29, 0.717) is 30.2 Å². The van der Waals surface area contributed by atoms with Crippen molar-refractivity contribution in [1.29, 1.82) is 5.26 Å². The molecule has 0 radical (unpaired) electrons. The summed E-state index contributed by atoms with van der Waals surface area (Å²) in [6, 6.07) is 15.1. The number of benzene rings is 2. The van der Waals surface area contributed by atoms with Gasteiger partial charge in [-0.1, -0.05) is 6.58 Å². The molecule has 0 aliphatic rings. The van der Waals surface area contributed by atoms with Gasteiger partial charge in [0.2, 0.25) is 0 Å². The van der Waals surface area contributed by atoms with Gasteiger partial charge in [-0.05, 0) is 67.8 Å². The quantitative estimate of drug-likeness (QED) is 0.286. The summed E-state index contributed by atoms with van der Waals surface area (Å²) in [5.74, 6) is -0.710. The van der Waals surface area contributed by atoms with E-state index in [0.717, 1.165) is 25.3 Å². The second-order valence-corrected chi connectivity index (χ2v) is 5.84. The number of hydrogen-bond acceptors (Lipinski definition) is 6. The predicted molar refractivity (Wildman–Crippen MR) is 109 cm³/mol. The number of nitrogens with two attached hydrogens (primary N) is 1. The Bertz CT molecular complexity index is 824. The molecule has 0 aromatic heterocycles. The molecule has 0 fully saturated rings. The number of carboxylic acid groups (broad SMARTS) is 1. The normalized spacial score (nSPS) is 9.34. The first-order chi connectivity index (χ1) is 14.0. The van der Waals surface area contributed by atoms with Gasteiger partial charge in [-0.3, -0.25) is 0 Å². The lowest BCUT2D eigenvalue weighted by Crippen LogP contribution is -2.03. The first-order valence-electron chi connectivity index (χ1n) is 8.97. The molecular weight excluding hydrogens is 372 g/mol. The zero-order valence-electron chi connectivity index (χ0n) is 16.0. The van der Waals surface area contributed by atoms with Gasteiger partial charge in [-0.25, -0.2) is 9.59 Å². The van der Waals surface area contributed by atoms with Crippen molar-refractivity contribution in [2.75, 3.05) is 18.9 Å². The van der Waals surface area contributed by atoms with E-state index in [-0.39, 0.29) is 5.56 Å². The van der Waals surface area contributed by atoms with E-state index in [4.69, 9.17) is 25.6 Å². The number of carbonyl (C=O) groups is 2. The fourth-order valence-electron chi connectivity index (χ4n) is 2.05. The number of esters is 1. The topological polar surface area (TPSA) is 123 Å². The Morgan fingerprint density at radius 1 is 1.03 bits per heavy atom. The Balaban J connectivity index is 0.000000387. The Hall–Kier alpha value is -3.79. The summed E-state index contributed by atoms with van der Waals surface area (Å²) in [6.45, 7) is 4.24. The summed E-state index contributed by atoms with van der Waals surface area (Å²) in [7, 11) is 0. The number of hydrogen-bond donors (Lipinski definition) is 2. The SMILES string of the molecule is C=CC(=O)OCCCCCOc1ccc(C(=O)O)cc1.N#Cc1ccc(N)cc1. The average molecular weight is 396 g/mol. The van der Waals surface area contributed by atoms with Crippen LogP contribution in [0.2, 0.25) is 0 Å². The summed E-state index contributed by atoms with van der Waals surface area (Å²) in [5, 5.41) is 17.1. The van der Waals surface area contributed by atoms with E-state index in [2.05, 4.69) is 6.58 Å². The summed E-state index contributed by atoms with van der Waals surface area (Å²) >= 11 is 0. The number of carbonyl (C=O) groups excluding carboxylic acids is 1. The number of rotatable bonds is 9. The summed E-state index contributed by atoms with van der Waals surface area (Å²) in [6.07, 6.45) is 3.65. The Morgan fingerprint density at radius 2 is 1.66 bits per heavy atom. The highest BCUT2D eigenvalue weighted by atomic mass is 16.5. The van der Waals surface area contributed by atoms with Crippen LogP contribution in [0.15, 0.2) is 61.2 Å². The van der Waals surface area contributed by atoms with Gasteiger partial charge in [-0.2, -0.15) is 5.26 Å². The lowest BCUT2D eigenvalue weighted by molar-refractivity contribution is -0.137. The lowest BCUT2D eigenvalue weighted by atomic mass is 10.2. The monoisotopic (exact) mass is 396 g/mol. The van der Waals surface area contributed by atoms with Gasteiger partial charge in [0.1, 0.15) is 5.75 Å². The molecule has 0 bridgehead atoms. The van der Waals surface area contributed by atoms with Gasteiger partial charge in [-0.15, -0.1) is 0 Å². The molecule has 29 heavy (non-hydrogen) atoms. The minimum absolute atomic E-state index is 0.237. The van der Waals surface area contributed by atoms with Gasteiger partial charge in [0.25, 0.3) is 0 Å². The highest BCUT2D eigenvalue weighted by Crippen LogP contribution is 2.12. The molecule has 0 heterocycles. The molecular formula is C22H24N2O5. The minimum atomic E-state index is -0.953. The number of nitriles is 1. The van der Waals surface area contributed by atoms with E-state index in [9.17, 15) is 9.59 Å². The molecule has 0 aliphatic carbocycles. The highest BCUT2D eigenvalue weighted by molar-refractivity contribution is 5.87. The number of aromatic carboxylic acids is 1. The molecule has 2 rings (SSSR count). The molecule has 152 valence electrons. The molecule has 7 heteroatoms. The number of nitrogens with zero attached hydrogens (tertiary/aromatic N) is 1. The molecule has 0 saturated heterocycles. The number of carboxylic acids is 1. The number of ether oxygens (including phenoxy) is 2. The van der Waals surface area contributed by atoms with Crippen molar-refractivity contribution in [2.45, 2.75) is 19.3 Å². The van der Waals surface area contributed by atoms with Crippen molar-refractivity contribution < 1.29 is 24.2 Å². The van der Waals surface area contributed by atoms with E-state index >= 15 is 0 Å². The van der Waals surface area contributed by atoms with Crippen LogP contribution in [0.25, 0.3) is 0 Å². The van der Waals surface area contributed by atoms with Crippen molar-refractivity contribution in [3.05, 3.63) is 72.3 Å². The minimum Gasteiger partial charge on any atom is -0.494 e. The van der Waals surface area contributed by atoms with Gasteiger partial charge < -0.3 is 20.3 Å². The van der Waals surface area contributed by atoms with Gasteiger partial charge in [0.15, 0.2) is 0 Å². The van der Waals surface area contributed by atoms with Crippen LogP contribution in [0.1, 0.15) is 35.2 Å². The zero-order chi connectivity index (χ0) is 21.5. The molecule has 0 spiro atoms. The number of unbranched alkanes of at least 4 members (excludes halogenated alkanes) is 2. The maximum absolute atomic E-state index is 10.8. The van der Waals surface area contributed by atoms with Gasteiger partial charge in [0.05, 0.1) is 30.4 Å². The lowest BCUT2D eigenvalue weighted by Gasteiger charge is -2.06. The third-order valence-corrected chi connectivity index (χ3v) is 3.61. The predicted octanol–water partition coefficient (Wildman–Crippen LogP) is 3.80. The standard InChI is InChI=1S/C15H18O5.C7H6N2/c1-2-14(16)20-11-5-3-4-10-19-13-8-6-12(7-9-13)15(17)18;8-5-6-1-3-7(9)4-2-6/h2,6-9H,1,3-5,10-11H2,(H,17,18);1-4H,9H2. The first-order valence-corrected chi connectivity index (χ1v) is 8.97. The van der Waals surface area contributed by atoms with Crippen molar-refractivity contribution in [1.82, 2.24) is 0 Å². The third kappa shape index (κ3) is 10.2. The molecule has 0 atom stereocenters. The average Bonchev–Trinajstić information content (AvgIpc) is 2.74. The maximum Gasteiger partial charge on any atom is 0.335 e. The van der Waals surface area contributed by atoms with Crippen LogP contribution in [0.3, 0.4) is 0 Å². The number of nitrogen functional groups attached to an aromatic ring is 1. The van der Waals surface area contributed by atoms with Crippen LogP contribution >= 0.6 is 0 Å². The van der Waals surface area contributed by atoms with Crippen molar-refractivity contribution in [3.8, 4) is 11.8 Å². The van der Waals surface area contributed by atoms with Gasteiger partial charge in [0, 0.05) is 11.8 Å². The largest absolute Gasteiger partial charge is 0.494 e. The highest BCUT2D eigenvalue weighted by Gasteiger charge is 2.02. The van der Waals surface area contributed by atoms with Crippen LogP contribution in [-0.4, -0.2) is 30.3 Å². The Morgan fingerprint density at radius 3 is 2.21 bits per heavy atom. The maximum atomic E-state index is 10.8. The third-order valence-electron chi connectivity index (χ3n) is 3.61. The van der Waals surface area contributed by atoms with E-state index < -0.39 is 11.9 Å². The van der Waals surface area contributed by atoms with Crippen molar-refractivity contribution in [3.63, 3.8) is 0 Å². The van der Waals surface area contributed by atoms with E-state index in [1.54, 1.807) is 36.4 Å². The summed E-state index contributed by atoms with van der Waals surface area (Å²) in [4.78, 5) is 21.4. The van der Waals surface area contributed by atoms with E-state index in [1.165, 1.54) is 12.1 Å². The summed E-state index contributed by atoms with van der Waals surface area (Å²) < 4.78 is 10.3. The second-order valence-electron chi connectivity index (χ2n) is 5.84. The number of anilines is 1. The van der Waals surface area contributed by atoms with Crippen molar-refractivity contribution >= 4 is 17.6 Å². The Labute approximate surface area is 170 Å². The van der Waals surface area contributed by atoms with E-state index in [1.807, 2.05) is 6.07 Å². The molecule has 0 aliphatic heterocycles. The van der Waals surface area contributed by atoms with Crippen LogP contribution in [0.4, 0.5) is 5.69 Å². The Kier molecular flexibility index (Phi) is 10.7. The van der Waals surface area contributed by atoms with Gasteiger partial charge >= 0.3 is 11.9 Å². The molecule has 0 saturated carbocycles.